The first-order valence-electron chi connectivity index (χ1n) is 11.7. The molecule has 0 atom stereocenters. The minimum atomic E-state index is -2.75. The van der Waals surface area contributed by atoms with Gasteiger partial charge in [0, 0.05) is 30.7 Å². The van der Waals surface area contributed by atoms with Crippen molar-refractivity contribution in [1.29, 1.82) is 0 Å². The summed E-state index contributed by atoms with van der Waals surface area (Å²) in [7, 11) is -0.944. The smallest absolute Gasteiger partial charge is 0.256 e. The van der Waals surface area contributed by atoms with Crippen molar-refractivity contribution in [1.82, 2.24) is 19.7 Å². The van der Waals surface area contributed by atoms with Gasteiger partial charge in [0.15, 0.2) is 0 Å². The summed E-state index contributed by atoms with van der Waals surface area (Å²) in [5.41, 5.74) is 2.01. The molecule has 5 rings (SSSR count). The molecule has 0 N–H and O–H groups in total. The Labute approximate surface area is 179 Å². The molecule has 0 bridgehead atoms. The van der Waals surface area contributed by atoms with Gasteiger partial charge in [0.25, 0.3) is 5.91 Å². The Morgan fingerprint density at radius 3 is 3.00 bits per heavy atom. The molecule has 0 fully saturated rings. The van der Waals surface area contributed by atoms with Gasteiger partial charge in [-0.2, -0.15) is 5.10 Å². The molecule has 1 aliphatic heterocycles. The molecule has 0 unspecified atom stereocenters. The number of methoxy groups -OCH3 is 1. The van der Waals surface area contributed by atoms with Gasteiger partial charge in [-0.1, -0.05) is 24.3 Å². The number of aryl methyl sites for hydroxylation is 1. The van der Waals surface area contributed by atoms with Crippen LogP contribution in [-0.4, -0.2) is 32.6 Å². The fourth-order valence-electron chi connectivity index (χ4n) is 3.62. The zero-order valence-corrected chi connectivity index (χ0v) is 15.9. The van der Waals surface area contributed by atoms with Crippen LogP contribution in [0.15, 0.2) is 54.9 Å². The molecule has 4 aromatic rings. The number of rotatable bonds is 4. The van der Waals surface area contributed by atoms with Gasteiger partial charge >= 0.3 is 0 Å². The van der Waals surface area contributed by atoms with Gasteiger partial charge < -0.3 is 9.64 Å². The molecule has 6 nitrogen and oxygen atoms in total. The fraction of sp³-hybridized carbons (Fsp3) is 0.174. The second-order valence-electron chi connectivity index (χ2n) is 7.02. The number of hydrogen-bond donors (Lipinski definition) is 0. The molecule has 2 aromatic carbocycles. The van der Waals surface area contributed by atoms with Gasteiger partial charge in [0.1, 0.15) is 11.6 Å². The predicted octanol–water partition coefficient (Wildman–Crippen LogP) is 3.94. The van der Waals surface area contributed by atoms with Crippen molar-refractivity contribution in [3.63, 3.8) is 0 Å². The molecule has 0 saturated carbocycles. The maximum atomic E-state index is 15.2. The lowest BCUT2D eigenvalue weighted by atomic mass is 10.00. The van der Waals surface area contributed by atoms with Crippen molar-refractivity contribution in [3.05, 3.63) is 77.5 Å². The minimum Gasteiger partial charge on any atom is -0.495 e. The average molecular weight is 407 g/mol. The van der Waals surface area contributed by atoms with Crippen LogP contribution in [0.2, 0.25) is 0 Å². The highest BCUT2D eigenvalue weighted by Gasteiger charge is 2.29. The van der Waals surface area contributed by atoms with E-state index in [0.29, 0.717) is 5.56 Å². The van der Waals surface area contributed by atoms with Gasteiger partial charge in [-0.3, -0.25) is 14.5 Å². The molecule has 3 heterocycles. The Kier molecular flexibility index (Phi) is 3.12. The zero-order valence-electron chi connectivity index (χ0n) is 20.9. The van der Waals surface area contributed by atoms with E-state index >= 15 is 4.39 Å². The van der Waals surface area contributed by atoms with E-state index in [2.05, 4.69) is 10.1 Å². The zero-order chi connectivity index (χ0) is 25.1. The lowest BCUT2D eigenvalue weighted by molar-refractivity contribution is 0.0764. The van der Waals surface area contributed by atoms with Crippen molar-refractivity contribution in [3.8, 4) is 16.9 Å². The third-order valence-corrected chi connectivity index (χ3v) is 5.05. The maximum absolute atomic E-state index is 15.2. The first kappa shape index (κ1) is 13.5. The van der Waals surface area contributed by atoms with Crippen LogP contribution in [0.3, 0.4) is 0 Å². The first-order valence-corrected chi connectivity index (χ1v) is 9.17. The molecule has 30 heavy (non-hydrogen) atoms. The summed E-state index contributed by atoms with van der Waals surface area (Å²) in [6.07, 6.45) is 2.90. The lowest BCUT2D eigenvalue weighted by Crippen LogP contribution is -2.23. The first-order chi connectivity index (χ1) is 16.4. The minimum absolute atomic E-state index is 0.121. The standard InChI is InChI=1S/C23H19FN4O2/c1-27-12-19-17(4-3-5-21(19)26-27)14-6-7-15(20(24)8-14)11-28-13-22-18(23(28)29)9-16(30-2)10-25-22/h3-10,12H,11,13H2,1-2H3/i2D3,13D2. The highest BCUT2D eigenvalue weighted by atomic mass is 19.1. The molecule has 1 amide bonds. The molecule has 0 aliphatic carbocycles. The second kappa shape index (κ2) is 6.95. The second-order valence-corrected chi connectivity index (χ2v) is 7.02. The Morgan fingerprint density at radius 2 is 2.17 bits per heavy atom. The number of nitrogens with zero attached hydrogens (tertiary/aromatic N) is 4. The Bertz CT molecular complexity index is 1480. The van der Waals surface area contributed by atoms with Crippen LogP contribution in [0.1, 0.15) is 28.5 Å². The van der Waals surface area contributed by atoms with Crippen LogP contribution in [0.4, 0.5) is 4.39 Å². The van der Waals surface area contributed by atoms with Gasteiger partial charge in [-0.15, -0.1) is 0 Å². The van der Waals surface area contributed by atoms with Gasteiger partial charge in [0.2, 0.25) is 0 Å². The quantitative estimate of drug-likeness (QED) is 0.514. The molecular weight excluding hydrogens is 383 g/mol. The fourth-order valence-corrected chi connectivity index (χ4v) is 3.62. The lowest BCUT2D eigenvalue weighted by Gasteiger charge is -2.16. The van der Waals surface area contributed by atoms with E-state index in [1.807, 2.05) is 24.4 Å². The van der Waals surface area contributed by atoms with Crippen LogP contribution >= 0.6 is 0 Å². The van der Waals surface area contributed by atoms with Crippen LogP contribution in [0.25, 0.3) is 22.0 Å². The van der Waals surface area contributed by atoms with Crippen molar-refractivity contribution >= 4 is 16.8 Å². The Hall–Kier alpha value is -3.74. The number of amides is 1. The van der Waals surface area contributed by atoms with E-state index in [9.17, 15) is 4.79 Å². The van der Waals surface area contributed by atoms with Crippen LogP contribution in [-0.2, 0) is 20.1 Å². The van der Waals surface area contributed by atoms with E-state index in [1.54, 1.807) is 17.8 Å². The number of fused-ring (bicyclic) bond motifs is 2. The number of ether oxygens (including phenoxy) is 1. The monoisotopic (exact) mass is 407 g/mol. The van der Waals surface area contributed by atoms with Crippen LogP contribution in [0, 0.1) is 5.82 Å². The predicted molar refractivity (Wildman–Crippen MR) is 110 cm³/mol. The largest absolute Gasteiger partial charge is 0.495 e. The number of benzene rings is 2. The molecule has 150 valence electrons. The molecular formula is C23H19FN4O2. The Balaban J connectivity index is 1.45. The van der Waals surface area contributed by atoms with Gasteiger partial charge in [-0.05, 0) is 29.3 Å². The normalized spacial score (nSPS) is 17.7. The number of pyridine rings is 1. The van der Waals surface area contributed by atoms with Gasteiger partial charge in [-0.25, -0.2) is 4.39 Å². The number of halogens is 1. The molecule has 0 spiro atoms. The summed E-state index contributed by atoms with van der Waals surface area (Å²) in [6, 6.07) is 11.3. The van der Waals surface area contributed by atoms with Crippen molar-refractivity contribution in [2.24, 2.45) is 7.05 Å². The van der Waals surface area contributed by atoms with Crippen molar-refractivity contribution in [2.75, 3.05) is 7.04 Å². The summed E-state index contributed by atoms with van der Waals surface area (Å²) in [5, 5.41) is 5.23. The molecule has 0 radical (unpaired) electrons. The molecule has 7 heteroatoms. The van der Waals surface area contributed by atoms with E-state index in [1.165, 1.54) is 12.1 Å². The summed E-state index contributed by atoms with van der Waals surface area (Å²) < 4.78 is 60.1. The average Bonchev–Trinajstić information content (AvgIpc) is 3.23. The molecule has 1 aliphatic rings. The summed E-state index contributed by atoms with van der Waals surface area (Å²) >= 11 is 0. The summed E-state index contributed by atoms with van der Waals surface area (Å²) in [4.78, 5) is 17.8. The highest BCUT2D eigenvalue weighted by molar-refractivity contribution is 5.98. The third-order valence-electron chi connectivity index (χ3n) is 5.05. The van der Waals surface area contributed by atoms with Crippen LogP contribution in [0.5, 0.6) is 5.75 Å². The van der Waals surface area contributed by atoms with Crippen LogP contribution < -0.4 is 4.74 Å². The van der Waals surface area contributed by atoms with Crippen molar-refractivity contribution in [2.45, 2.75) is 13.0 Å². The van der Waals surface area contributed by atoms with E-state index in [0.717, 1.165) is 33.6 Å². The number of carbonyl (C=O) groups excluding carboxylic acids is 1. The topological polar surface area (TPSA) is 60.2 Å². The van der Waals surface area contributed by atoms with E-state index < -0.39 is 25.3 Å². The summed E-state index contributed by atoms with van der Waals surface area (Å²) in [6.45, 7) is -2.67. The molecule has 2 aromatic heterocycles. The maximum Gasteiger partial charge on any atom is 0.256 e. The van der Waals surface area contributed by atoms with E-state index in [-0.39, 0.29) is 29.1 Å². The van der Waals surface area contributed by atoms with Crippen molar-refractivity contribution < 1.29 is 20.8 Å². The summed E-state index contributed by atoms with van der Waals surface area (Å²) in [5.74, 6) is -1.52. The highest BCUT2D eigenvalue weighted by Crippen LogP contribution is 2.31. The number of carbonyl (C=O) groups is 1. The SMILES string of the molecule is [2H]C([2H])([2H])Oc1cnc2c(c1)C(=O)N(Cc1ccc(-c3cccc4nn(C)cc34)cc1F)C2([2H])[2H]. The number of hydrogen-bond acceptors (Lipinski definition) is 4. The van der Waals surface area contributed by atoms with Gasteiger partial charge in [0.05, 0.1) is 43.4 Å². The third kappa shape index (κ3) is 2.99. The molecule has 0 saturated heterocycles. The number of aromatic nitrogens is 3. The Morgan fingerprint density at radius 1 is 1.27 bits per heavy atom. The van der Waals surface area contributed by atoms with E-state index in [4.69, 9.17) is 11.6 Å².